The Morgan fingerprint density at radius 1 is 1.23 bits per heavy atom. The molecule has 0 saturated heterocycles. The smallest absolute Gasteiger partial charge is 0.273 e. The van der Waals surface area contributed by atoms with Crippen LogP contribution in [-0.4, -0.2) is 50.1 Å². The van der Waals surface area contributed by atoms with Gasteiger partial charge in [0.25, 0.3) is 5.91 Å². The summed E-state index contributed by atoms with van der Waals surface area (Å²) >= 11 is 7.41. The van der Waals surface area contributed by atoms with Crippen LogP contribution in [0.2, 0.25) is 5.02 Å². The molecular weight excluding hydrogens is 424 g/mol. The molecule has 0 bridgehead atoms. The number of ether oxygens (including phenoxy) is 1. The van der Waals surface area contributed by atoms with Gasteiger partial charge in [-0.1, -0.05) is 28.6 Å². The fraction of sp³-hybridized carbons (Fsp3) is 0.350. The van der Waals surface area contributed by atoms with E-state index >= 15 is 0 Å². The standard InChI is InChI=1S/C20H23ClN6O2S/c1-14(2)29-12-4-11-22-19(28)18-17(13-30-20-23-9-3-10-24-20)27(26-25-18)16-7-5-15(21)6-8-16/h3,5-10,14H,4,11-13H2,1-2H3,(H,22,28). The van der Waals surface area contributed by atoms with Gasteiger partial charge in [0.1, 0.15) is 0 Å². The van der Waals surface area contributed by atoms with Crippen LogP contribution >= 0.6 is 23.4 Å². The number of carbonyl (C=O) groups is 1. The van der Waals surface area contributed by atoms with Gasteiger partial charge in [0.05, 0.1) is 17.5 Å². The van der Waals surface area contributed by atoms with Crippen molar-refractivity contribution in [2.45, 2.75) is 37.3 Å². The summed E-state index contributed by atoms with van der Waals surface area (Å²) in [4.78, 5) is 21.2. The monoisotopic (exact) mass is 446 g/mol. The maximum absolute atomic E-state index is 12.7. The number of rotatable bonds is 10. The molecule has 3 aromatic rings. The fourth-order valence-electron chi connectivity index (χ4n) is 2.57. The minimum absolute atomic E-state index is 0.170. The van der Waals surface area contributed by atoms with Gasteiger partial charge in [0.15, 0.2) is 10.9 Å². The molecule has 0 unspecified atom stereocenters. The molecule has 2 aromatic heterocycles. The van der Waals surface area contributed by atoms with E-state index in [-0.39, 0.29) is 17.7 Å². The van der Waals surface area contributed by atoms with Crippen LogP contribution in [0.25, 0.3) is 5.69 Å². The second kappa shape index (κ2) is 11.1. The quantitative estimate of drug-likeness (QED) is 0.289. The van der Waals surface area contributed by atoms with Crippen LogP contribution in [0.4, 0.5) is 0 Å². The summed E-state index contributed by atoms with van der Waals surface area (Å²) in [6, 6.07) is 8.95. The number of carbonyl (C=O) groups excluding carboxylic acids is 1. The van der Waals surface area contributed by atoms with Crippen molar-refractivity contribution < 1.29 is 9.53 Å². The Labute approximate surface area is 184 Å². The van der Waals surface area contributed by atoms with Gasteiger partial charge in [-0.3, -0.25) is 4.79 Å². The van der Waals surface area contributed by atoms with Gasteiger partial charge in [0, 0.05) is 36.3 Å². The Bertz CT molecular complexity index is 950. The van der Waals surface area contributed by atoms with E-state index in [1.165, 1.54) is 11.8 Å². The molecule has 0 aliphatic rings. The number of benzene rings is 1. The van der Waals surface area contributed by atoms with E-state index in [0.717, 1.165) is 12.1 Å². The second-order valence-corrected chi connectivity index (χ2v) is 8.00. The lowest BCUT2D eigenvalue weighted by molar-refractivity contribution is 0.0756. The molecule has 1 aromatic carbocycles. The summed E-state index contributed by atoms with van der Waals surface area (Å²) in [6.45, 7) is 5.04. The summed E-state index contributed by atoms with van der Waals surface area (Å²) < 4.78 is 7.14. The van der Waals surface area contributed by atoms with Gasteiger partial charge in [-0.25, -0.2) is 14.6 Å². The SMILES string of the molecule is CC(C)OCCCNC(=O)c1nnn(-c2ccc(Cl)cc2)c1CSc1ncccn1. The first-order valence-electron chi connectivity index (χ1n) is 9.54. The largest absolute Gasteiger partial charge is 0.379 e. The van der Waals surface area contributed by atoms with Gasteiger partial charge >= 0.3 is 0 Å². The molecule has 0 radical (unpaired) electrons. The molecule has 1 N–H and O–H groups in total. The van der Waals surface area contributed by atoms with Crippen LogP contribution in [0.1, 0.15) is 36.5 Å². The summed E-state index contributed by atoms with van der Waals surface area (Å²) in [6.07, 6.45) is 4.24. The van der Waals surface area contributed by atoms with Crippen molar-refractivity contribution in [1.29, 1.82) is 0 Å². The number of aromatic nitrogens is 5. The second-order valence-electron chi connectivity index (χ2n) is 6.62. The third-order valence-electron chi connectivity index (χ3n) is 3.99. The number of amides is 1. The van der Waals surface area contributed by atoms with Crippen molar-refractivity contribution in [3.05, 3.63) is 59.1 Å². The molecule has 0 aliphatic heterocycles. The molecule has 2 heterocycles. The molecule has 0 aliphatic carbocycles. The predicted molar refractivity (Wildman–Crippen MR) is 116 cm³/mol. The summed E-state index contributed by atoms with van der Waals surface area (Å²) in [5, 5.41) is 12.5. The zero-order valence-corrected chi connectivity index (χ0v) is 18.4. The van der Waals surface area contributed by atoms with Gasteiger partial charge in [-0.05, 0) is 50.6 Å². The van der Waals surface area contributed by atoms with Gasteiger partial charge in [-0.15, -0.1) is 5.10 Å². The number of hydrogen-bond donors (Lipinski definition) is 1. The third kappa shape index (κ3) is 6.25. The van der Waals surface area contributed by atoms with Gasteiger partial charge in [-0.2, -0.15) is 0 Å². The highest BCUT2D eigenvalue weighted by molar-refractivity contribution is 7.98. The van der Waals surface area contributed by atoms with Crippen LogP contribution in [0.15, 0.2) is 47.9 Å². The van der Waals surface area contributed by atoms with E-state index in [9.17, 15) is 4.79 Å². The lowest BCUT2D eigenvalue weighted by Gasteiger charge is -2.09. The molecule has 30 heavy (non-hydrogen) atoms. The summed E-state index contributed by atoms with van der Waals surface area (Å²) in [5.74, 6) is 0.156. The van der Waals surface area contributed by atoms with Crippen LogP contribution in [0.5, 0.6) is 0 Å². The molecule has 3 rings (SSSR count). The molecule has 0 spiro atoms. The van der Waals surface area contributed by atoms with E-state index in [1.54, 1.807) is 35.3 Å². The molecule has 0 fully saturated rings. The van der Waals surface area contributed by atoms with Crippen molar-refractivity contribution in [2.24, 2.45) is 0 Å². The van der Waals surface area contributed by atoms with Crippen LogP contribution in [0.3, 0.4) is 0 Å². The van der Waals surface area contributed by atoms with E-state index in [1.807, 2.05) is 26.0 Å². The maximum Gasteiger partial charge on any atom is 0.273 e. The van der Waals surface area contributed by atoms with Crippen LogP contribution in [-0.2, 0) is 10.5 Å². The number of nitrogens with one attached hydrogen (secondary N) is 1. The average Bonchev–Trinajstić information content (AvgIpc) is 3.17. The topological polar surface area (TPSA) is 94.8 Å². The van der Waals surface area contributed by atoms with Crippen LogP contribution < -0.4 is 5.32 Å². The van der Waals surface area contributed by atoms with Crippen LogP contribution in [0, 0.1) is 0 Å². The van der Waals surface area contributed by atoms with E-state index in [2.05, 4.69) is 25.6 Å². The Hall–Kier alpha value is -2.49. The molecule has 8 nitrogen and oxygen atoms in total. The number of halogens is 1. The highest BCUT2D eigenvalue weighted by atomic mass is 35.5. The first-order valence-corrected chi connectivity index (χ1v) is 10.9. The summed E-state index contributed by atoms with van der Waals surface area (Å²) in [5.41, 5.74) is 1.70. The zero-order valence-electron chi connectivity index (χ0n) is 16.8. The average molecular weight is 447 g/mol. The lowest BCUT2D eigenvalue weighted by Crippen LogP contribution is -2.27. The van der Waals surface area contributed by atoms with Crippen molar-refractivity contribution in [3.8, 4) is 5.69 Å². The molecule has 1 amide bonds. The molecule has 0 atom stereocenters. The van der Waals surface area contributed by atoms with Crippen molar-refractivity contribution >= 4 is 29.3 Å². The Kier molecular flexibility index (Phi) is 8.18. The minimum Gasteiger partial charge on any atom is -0.379 e. The molecule has 0 saturated carbocycles. The number of thioether (sulfide) groups is 1. The lowest BCUT2D eigenvalue weighted by atomic mass is 10.2. The van der Waals surface area contributed by atoms with Crippen molar-refractivity contribution in [3.63, 3.8) is 0 Å². The predicted octanol–water partition coefficient (Wildman–Crippen LogP) is 3.55. The molecule has 10 heteroatoms. The number of hydrogen-bond acceptors (Lipinski definition) is 7. The van der Waals surface area contributed by atoms with Crippen molar-refractivity contribution in [2.75, 3.05) is 13.2 Å². The molecular formula is C20H23ClN6O2S. The van der Waals surface area contributed by atoms with E-state index < -0.39 is 0 Å². The van der Waals surface area contributed by atoms with Gasteiger partial charge < -0.3 is 10.1 Å². The van der Waals surface area contributed by atoms with Gasteiger partial charge in [0.2, 0.25) is 0 Å². The fourth-order valence-corrected chi connectivity index (χ4v) is 3.49. The van der Waals surface area contributed by atoms with E-state index in [0.29, 0.717) is 34.8 Å². The first kappa shape index (κ1) is 22.2. The minimum atomic E-state index is -0.274. The van der Waals surface area contributed by atoms with E-state index in [4.69, 9.17) is 16.3 Å². The van der Waals surface area contributed by atoms with Crippen molar-refractivity contribution in [1.82, 2.24) is 30.3 Å². The highest BCUT2D eigenvalue weighted by Gasteiger charge is 2.21. The first-order chi connectivity index (χ1) is 14.5. The summed E-state index contributed by atoms with van der Waals surface area (Å²) in [7, 11) is 0. The third-order valence-corrected chi connectivity index (χ3v) is 5.13. The zero-order chi connectivity index (χ0) is 21.3. The molecule has 158 valence electrons. The number of nitrogens with zero attached hydrogens (tertiary/aromatic N) is 5. The highest BCUT2D eigenvalue weighted by Crippen LogP contribution is 2.23. The normalized spacial score (nSPS) is 11.1. The maximum atomic E-state index is 12.7. The Balaban J connectivity index is 1.76. The Morgan fingerprint density at radius 3 is 2.67 bits per heavy atom. The Morgan fingerprint density at radius 2 is 1.97 bits per heavy atom.